The number of carbonyl (C=O) groups is 3. The van der Waals surface area contributed by atoms with Crippen molar-refractivity contribution in [2.24, 2.45) is 0 Å². The smallest absolute Gasteiger partial charge is 0.407 e. The molecule has 0 unspecified atom stereocenters. The number of ether oxygens (including phenoxy) is 2. The molecule has 15 nitrogen and oxygen atoms in total. The van der Waals surface area contributed by atoms with E-state index in [1.165, 1.54) is 43.6 Å². The molecular formula is C35H40FN5O10S2. The Kier molecular flexibility index (Phi) is 12.6. The summed E-state index contributed by atoms with van der Waals surface area (Å²) in [6.45, 7) is 6.79. The Morgan fingerprint density at radius 2 is 1.66 bits per heavy atom. The first kappa shape index (κ1) is 40.4. The summed E-state index contributed by atoms with van der Waals surface area (Å²) in [7, 11) is -6.36. The summed E-state index contributed by atoms with van der Waals surface area (Å²) in [4.78, 5) is 46.1. The number of pyridine rings is 2. The quantitative estimate of drug-likeness (QED) is 0.102. The van der Waals surface area contributed by atoms with Crippen LogP contribution in [-0.2, 0) is 36.2 Å². The number of amides is 2. The lowest BCUT2D eigenvalue weighted by molar-refractivity contribution is 0.0521. The molecule has 0 fully saturated rings. The van der Waals surface area contributed by atoms with Gasteiger partial charge in [-0.05, 0) is 82.5 Å². The van der Waals surface area contributed by atoms with E-state index < -0.39 is 66.7 Å². The third kappa shape index (κ3) is 10.4. The number of fused-ring (bicyclic) bond motifs is 1. The van der Waals surface area contributed by atoms with E-state index in [-0.39, 0.29) is 53.1 Å². The van der Waals surface area contributed by atoms with Gasteiger partial charge in [-0.2, -0.15) is 8.42 Å². The minimum absolute atomic E-state index is 0.0134. The molecule has 2 aromatic heterocycles. The zero-order chi connectivity index (χ0) is 39.1. The van der Waals surface area contributed by atoms with Crippen LogP contribution >= 0.6 is 0 Å². The van der Waals surface area contributed by atoms with Gasteiger partial charge in [-0.15, -0.1) is 0 Å². The molecule has 2 aromatic carbocycles. The zero-order valence-corrected chi connectivity index (χ0v) is 31.6. The van der Waals surface area contributed by atoms with Crippen molar-refractivity contribution in [1.29, 1.82) is 0 Å². The Morgan fingerprint density at radius 1 is 0.962 bits per heavy atom. The summed E-state index contributed by atoms with van der Waals surface area (Å²) >= 11 is 0. The number of nitrogens with zero attached hydrogens (tertiary/aromatic N) is 3. The van der Waals surface area contributed by atoms with Crippen LogP contribution < -0.4 is 19.1 Å². The van der Waals surface area contributed by atoms with Crippen LogP contribution in [0.5, 0.6) is 5.75 Å². The number of aromatic nitrogens is 2. The highest BCUT2D eigenvalue weighted by molar-refractivity contribution is 7.92. The molecule has 0 saturated carbocycles. The van der Waals surface area contributed by atoms with E-state index in [0.29, 0.717) is 5.56 Å². The van der Waals surface area contributed by atoms with Gasteiger partial charge in [0, 0.05) is 37.3 Å². The summed E-state index contributed by atoms with van der Waals surface area (Å²) in [5, 5.41) is 5.23. The predicted octanol–water partition coefficient (Wildman–Crippen LogP) is 4.63. The predicted molar refractivity (Wildman–Crippen MR) is 193 cm³/mol. The van der Waals surface area contributed by atoms with Crippen molar-refractivity contribution in [2.45, 2.75) is 57.6 Å². The molecule has 4 rings (SSSR count). The fourth-order valence-electron chi connectivity index (χ4n) is 4.88. The van der Waals surface area contributed by atoms with Gasteiger partial charge in [0.05, 0.1) is 12.9 Å². The fourth-order valence-corrected chi connectivity index (χ4v) is 7.07. The number of sulfonamides is 1. The first-order chi connectivity index (χ1) is 24.8. The second-order valence-corrected chi connectivity index (χ2v) is 16.4. The molecule has 2 amide bonds. The van der Waals surface area contributed by atoms with E-state index in [1.54, 1.807) is 39.8 Å². The lowest BCUT2D eigenvalue weighted by Gasteiger charge is -2.22. The van der Waals surface area contributed by atoms with E-state index in [2.05, 4.69) is 20.6 Å². The number of benzene rings is 2. The van der Waals surface area contributed by atoms with E-state index in [9.17, 15) is 35.6 Å². The standard InChI is InChI=1S/C35H40FN5O10S2/c1-22-11-15-25(16-12-22)53(47,48)51-30-28-26(10-9-18-37-28)31(40-29(30)33(43)49-6)41(5)52(45,46)19-8-7-17-38-32(42)27-20-24(36)14-13-23(27)21-39-34(44)50-35(2,3)4/h9-16,18,20H,7-8,17,19,21H2,1-6H3,(H,38,42)(H,39,44). The Balaban J connectivity index is 1.48. The number of rotatable bonds is 14. The van der Waals surface area contributed by atoms with Crippen LogP contribution in [0.2, 0.25) is 0 Å². The van der Waals surface area contributed by atoms with Crippen molar-refractivity contribution >= 4 is 54.8 Å². The maximum atomic E-state index is 14.1. The molecule has 284 valence electrons. The molecule has 18 heteroatoms. The number of carbonyl (C=O) groups excluding carboxylic acids is 3. The molecule has 0 aliphatic rings. The molecule has 0 radical (unpaired) electrons. The monoisotopic (exact) mass is 773 g/mol. The Bertz CT molecular complexity index is 2230. The number of nitrogens with one attached hydrogen (secondary N) is 2. The first-order valence-electron chi connectivity index (χ1n) is 16.2. The van der Waals surface area contributed by atoms with Crippen molar-refractivity contribution < 1.29 is 49.3 Å². The van der Waals surface area contributed by atoms with E-state index in [0.717, 1.165) is 29.1 Å². The Morgan fingerprint density at radius 3 is 2.32 bits per heavy atom. The lowest BCUT2D eigenvalue weighted by Crippen LogP contribution is -2.33. The van der Waals surface area contributed by atoms with Crippen LogP contribution in [0.4, 0.5) is 15.0 Å². The molecule has 53 heavy (non-hydrogen) atoms. The van der Waals surface area contributed by atoms with Gasteiger partial charge in [0.1, 0.15) is 21.8 Å². The summed E-state index contributed by atoms with van der Waals surface area (Å²) in [5.41, 5.74) is -0.390. The minimum Gasteiger partial charge on any atom is -0.464 e. The molecule has 0 spiro atoms. The molecule has 2 heterocycles. The molecule has 0 aliphatic carbocycles. The highest BCUT2D eigenvalue weighted by atomic mass is 32.2. The van der Waals surface area contributed by atoms with E-state index in [4.69, 9.17) is 13.7 Å². The average Bonchev–Trinajstić information content (AvgIpc) is 3.09. The van der Waals surface area contributed by atoms with Gasteiger partial charge in [0.15, 0.2) is 11.5 Å². The number of aryl methyl sites for hydroxylation is 1. The highest BCUT2D eigenvalue weighted by Gasteiger charge is 2.31. The summed E-state index contributed by atoms with van der Waals surface area (Å²) in [6.07, 6.45) is 0.868. The topological polar surface area (TPSA) is 200 Å². The van der Waals surface area contributed by atoms with Crippen LogP contribution in [0.1, 0.15) is 65.6 Å². The Labute approximate surface area is 307 Å². The molecule has 0 bridgehead atoms. The fraction of sp³-hybridized carbons (Fsp3) is 0.343. The van der Waals surface area contributed by atoms with E-state index in [1.807, 2.05) is 0 Å². The maximum Gasteiger partial charge on any atom is 0.407 e. The van der Waals surface area contributed by atoms with Crippen LogP contribution in [0, 0.1) is 12.7 Å². The third-order valence-electron chi connectivity index (χ3n) is 7.55. The number of halogens is 1. The van der Waals surface area contributed by atoms with Crippen molar-refractivity contribution in [3.05, 3.63) is 89.0 Å². The first-order valence-corrected chi connectivity index (χ1v) is 19.2. The number of unbranched alkanes of at least 4 members (excludes halogenated alkanes) is 1. The molecule has 4 aromatic rings. The normalized spacial score (nSPS) is 11.8. The van der Waals surface area contributed by atoms with Gasteiger partial charge in [-0.25, -0.2) is 27.4 Å². The average molecular weight is 774 g/mol. The number of hydrogen-bond donors (Lipinski definition) is 2. The van der Waals surface area contributed by atoms with Gasteiger partial charge < -0.3 is 24.3 Å². The minimum atomic E-state index is -4.50. The van der Waals surface area contributed by atoms with Crippen molar-refractivity contribution in [2.75, 3.05) is 30.8 Å². The van der Waals surface area contributed by atoms with Crippen LogP contribution in [0.3, 0.4) is 0 Å². The van der Waals surface area contributed by atoms with Crippen molar-refractivity contribution in [1.82, 2.24) is 20.6 Å². The summed E-state index contributed by atoms with van der Waals surface area (Å²) < 4.78 is 83.8. The molecule has 2 N–H and O–H groups in total. The SMILES string of the molecule is COC(=O)c1nc(N(C)S(=O)(=O)CCCCNC(=O)c2cc(F)ccc2CNC(=O)OC(C)(C)C)c2cccnc2c1OS(=O)(=O)c1ccc(C)cc1. The number of alkyl carbamates (subject to hydrolysis) is 1. The molecule has 0 aliphatic heterocycles. The zero-order valence-electron chi connectivity index (χ0n) is 29.9. The number of esters is 1. The maximum absolute atomic E-state index is 14.1. The van der Waals surface area contributed by atoms with Crippen LogP contribution in [-0.4, -0.2) is 76.8 Å². The van der Waals surface area contributed by atoms with Gasteiger partial charge in [0.2, 0.25) is 15.8 Å². The number of methoxy groups -OCH3 is 1. The van der Waals surface area contributed by atoms with Crippen LogP contribution in [0.15, 0.2) is 65.7 Å². The molecule has 0 saturated heterocycles. The summed E-state index contributed by atoms with van der Waals surface area (Å²) in [6, 6.07) is 12.3. The Hall–Kier alpha value is -5.36. The number of anilines is 1. The van der Waals surface area contributed by atoms with Gasteiger partial charge in [-0.3, -0.25) is 14.1 Å². The molecular weight excluding hydrogens is 734 g/mol. The highest BCUT2D eigenvalue weighted by Crippen LogP contribution is 2.36. The van der Waals surface area contributed by atoms with Crippen molar-refractivity contribution in [3.63, 3.8) is 0 Å². The summed E-state index contributed by atoms with van der Waals surface area (Å²) in [5.74, 6) is -3.58. The lowest BCUT2D eigenvalue weighted by atomic mass is 10.1. The van der Waals surface area contributed by atoms with Crippen molar-refractivity contribution in [3.8, 4) is 5.75 Å². The van der Waals surface area contributed by atoms with Gasteiger partial charge in [-0.1, -0.05) is 23.8 Å². The second-order valence-electron chi connectivity index (χ2n) is 12.8. The van der Waals surface area contributed by atoms with Gasteiger partial charge in [0.25, 0.3) is 5.91 Å². The third-order valence-corrected chi connectivity index (χ3v) is 10.6. The largest absolute Gasteiger partial charge is 0.464 e. The van der Waals surface area contributed by atoms with E-state index >= 15 is 0 Å². The van der Waals surface area contributed by atoms with Crippen LogP contribution in [0.25, 0.3) is 10.9 Å². The second kappa shape index (κ2) is 16.5. The molecule has 0 atom stereocenters. The van der Waals surface area contributed by atoms with Gasteiger partial charge >= 0.3 is 22.2 Å². The number of hydrogen-bond acceptors (Lipinski definition) is 12.